The van der Waals surface area contributed by atoms with Crippen molar-refractivity contribution in [2.75, 3.05) is 55.3 Å². The number of nitrogens with zero attached hydrogens (tertiary/aromatic N) is 5. The maximum Gasteiger partial charge on any atom is 0.264 e. The molecule has 6 rings (SSSR count). The standard InChI is InChI=1S/C27H27N9O4S2/c1-39-21-14-19-20(15-22(21)40-2)33-24-23(19)30-16-31-25(24)35-10-12-36(13-11-35)27(41)32-17-4-6-18(7-5-17)42(37,38)34-26-28-8-3-9-29-26/h3-9,14-16,33H,10-13H2,1-2H3,(H,32,41)(H,28,29,34)/p+1. The monoisotopic (exact) mass is 606 g/mol. The molecule has 0 atom stereocenters. The molecule has 4 heterocycles. The van der Waals surface area contributed by atoms with Crippen molar-refractivity contribution in [3.8, 4) is 11.5 Å². The van der Waals surface area contributed by atoms with Crippen molar-refractivity contribution < 1.29 is 22.9 Å². The van der Waals surface area contributed by atoms with E-state index in [1.54, 1.807) is 38.7 Å². The highest BCUT2D eigenvalue weighted by atomic mass is 32.2. The van der Waals surface area contributed by atoms with Crippen LogP contribution in [0.25, 0.3) is 21.9 Å². The van der Waals surface area contributed by atoms with Gasteiger partial charge in [-0.3, -0.25) is 4.90 Å². The van der Waals surface area contributed by atoms with Crippen LogP contribution < -0.4 is 29.4 Å². The number of ether oxygens (including phenoxy) is 2. The van der Waals surface area contributed by atoms with Gasteiger partial charge in [0.05, 0.1) is 50.8 Å². The Kier molecular flexibility index (Phi) is 7.34. The third kappa shape index (κ3) is 5.31. The Bertz CT molecular complexity index is 1860. The Balaban J connectivity index is 1.11. The summed E-state index contributed by atoms with van der Waals surface area (Å²) in [6.45, 7) is 2.84. The number of nitrogens with one attached hydrogen (secondary N) is 4. The smallest absolute Gasteiger partial charge is 0.264 e. The number of thiocarbonyl (C=S) groups is 1. The number of piperazine rings is 1. The molecule has 2 aromatic carbocycles. The topological polar surface area (TPSA) is 152 Å². The predicted molar refractivity (Wildman–Crippen MR) is 163 cm³/mol. The summed E-state index contributed by atoms with van der Waals surface area (Å²) in [5.74, 6) is 2.24. The number of aromatic amines is 2. The lowest BCUT2D eigenvalue weighted by Gasteiger charge is -2.34. The number of anilines is 3. The molecule has 1 fully saturated rings. The van der Waals surface area contributed by atoms with E-state index in [0.29, 0.717) is 35.4 Å². The normalized spacial score (nSPS) is 13.8. The van der Waals surface area contributed by atoms with Gasteiger partial charge in [-0.15, -0.1) is 4.98 Å². The molecule has 0 aliphatic carbocycles. The molecule has 15 heteroatoms. The summed E-state index contributed by atoms with van der Waals surface area (Å²) < 4.78 is 38.6. The molecule has 13 nitrogen and oxygen atoms in total. The molecule has 0 saturated carbocycles. The Morgan fingerprint density at radius 2 is 1.69 bits per heavy atom. The van der Waals surface area contributed by atoms with Crippen molar-refractivity contribution >= 4 is 66.7 Å². The number of hydrogen-bond acceptors (Lipinski definition) is 9. The van der Waals surface area contributed by atoms with Crippen LogP contribution in [-0.2, 0) is 10.0 Å². The number of benzene rings is 2. The molecule has 0 radical (unpaired) electrons. The lowest BCUT2D eigenvalue weighted by molar-refractivity contribution is -0.367. The first-order chi connectivity index (χ1) is 20.4. The fourth-order valence-corrected chi connectivity index (χ4v) is 6.13. The van der Waals surface area contributed by atoms with Gasteiger partial charge in [0.2, 0.25) is 18.1 Å². The lowest BCUT2D eigenvalue weighted by Crippen LogP contribution is -2.51. The zero-order chi connectivity index (χ0) is 29.3. The SMILES string of the molecule is COc1cc2[nH]c3c(N4CCN(C(=S)Nc5ccc(S(=O)(=O)Nc6ncccn6)cc5)CC4)[nH+]cnc3c2cc1OC. The Morgan fingerprint density at radius 1 is 1.00 bits per heavy atom. The number of fused-ring (bicyclic) bond motifs is 3. The van der Waals surface area contributed by atoms with Crippen LogP contribution in [0, 0.1) is 0 Å². The molecule has 0 amide bonds. The first-order valence-corrected chi connectivity index (χ1v) is 14.9. The zero-order valence-electron chi connectivity index (χ0n) is 22.8. The molecular formula is C27H28N9O4S2+. The van der Waals surface area contributed by atoms with Crippen molar-refractivity contribution in [2.45, 2.75) is 4.90 Å². The van der Waals surface area contributed by atoms with E-state index in [1.807, 2.05) is 12.1 Å². The molecule has 0 bridgehead atoms. The van der Waals surface area contributed by atoms with Crippen molar-refractivity contribution in [3.05, 3.63) is 61.2 Å². The molecular weight excluding hydrogens is 578 g/mol. The zero-order valence-corrected chi connectivity index (χ0v) is 24.4. The second-order valence-corrected chi connectivity index (χ2v) is 11.5. The minimum atomic E-state index is -3.82. The lowest BCUT2D eigenvalue weighted by atomic mass is 10.2. The van der Waals surface area contributed by atoms with Crippen LogP contribution in [-0.4, -0.2) is 78.8 Å². The first kappa shape index (κ1) is 27.4. The van der Waals surface area contributed by atoms with E-state index in [0.717, 1.165) is 40.8 Å². The van der Waals surface area contributed by atoms with E-state index >= 15 is 0 Å². The maximum absolute atomic E-state index is 12.7. The average molecular weight is 607 g/mol. The van der Waals surface area contributed by atoms with Gasteiger partial charge in [-0.05, 0) is 48.6 Å². The van der Waals surface area contributed by atoms with Gasteiger partial charge >= 0.3 is 0 Å². The van der Waals surface area contributed by atoms with Gasteiger partial charge in [0, 0.05) is 29.5 Å². The van der Waals surface area contributed by atoms with Gasteiger partial charge in [0.25, 0.3) is 10.0 Å². The van der Waals surface area contributed by atoms with Gasteiger partial charge in [-0.2, -0.15) is 0 Å². The molecule has 1 aliphatic rings. The molecule has 3 aromatic heterocycles. The summed E-state index contributed by atoms with van der Waals surface area (Å²) in [6.07, 6.45) is 4.63. The van der Waals surface area contributed by atoms with Crippen LogP contribution >= 0.6 is 12.2 Å². The second-order valence-electron chi connectivity index (χ2n) is 9.46. The van der Waals surface area contributed by atoms with Gasteiger partial charge < -0.3 is 24.7 Å². The molecule has 4 N–H and O–H groups in total. The molecule has 1 aliphatic heterocycles. The summed E-state index contributed by atoms with van der Waals surface area (Å²) in [7, 11) is -0.589. The highest BCUT2D eigenvalue weighted by molar-refractivity contribution is 7.92. The summed E-state index contributed by atoms with van der Waals surface area (Å²) >= 11 is 5.67. The van der Waals surface area contributed by atoms with Gasteiger partial charge in [-0.25, -0.2) is 28.1 Å². The Hall–Kier alpha value is -4.76. The van der Waals surface area contributed by atoms with Crippen LogP contribution in [0.1, 0.15) is 0 Å². The summed E-state index contributed by atoms with van der Waals surface area (Å²) in [4.78, 5) is 23.6. The van der Waals surface area contributed by atoms with Gasteiger partial charge in [-0.1, -0.05) is 0 Å². The summed E-state index contributed by atoms with van der Waals surface area (Å²) in [5, 5.41) is 4.73. The van der Waals surface area contributed by atoms with Crippen LogP contribution in [0.5, 0.6) is 11.5 Å². The average Bonchev–Trinajstić information content (AvgIpc) is 3.38. The summed E-state index contributed by atoms with van der Waals surface area (Å²) in [6, 6.07) is 11.8. The number of H-pyrrole nitrogens is 2. The fourth-order valence-electron chi connectivity index (χ4n) is 4.88. The van der Waals surface area contributed by atoms with Gasteiger partial charge in [0.15, 0.2) is 27.6 Å². The molecule has 0 spiro atoms. The largest absolute Gasteiger partial charge is 0.493 e. The number of sulfonamides is 1. The minimum absolute atomic E-state index is 0.00937. The van der Waals surface area contributed by atoms with Crippen molar-refractivity contribution in [1.29, 1.82) is 0 Å². The van der Waals surface area contributed by atoms with Crippen LogP contribution in [0.3, 0.4) is 0 Å². The van der Waals surface area contributed by atoms with E-state index < -0.39 is 10.0 Å². The van der Waals surface area contributed by atoms with Gasteiger partial charge in [0.1, 0.15) is 0 Å². The third-order valence-corrected chi connectivity index (χ3v) is 8.70. The highest BCUT2D eigenvalue weighted by Gasteiger charge is 2.27. The first-order valence-electron chi connectivity index (χ1n) is 13.0. The predicted octanol–water partition coefficient (Wildman–Crippen LogP) is 2.66. The number of methoxy groups -OCH3 is 2. The van der Waals surface area contributed by atoms with Crippen LogP contribution in [0.4, 0.5) is 17.5 Å². The Morgan fingerprint density at radius 3 is 2.38 bits per heavy atom. The number of aromatic nitrogens is 5. The molecule has 1 saturated heterocycles. The van der Waals surface area contributed by atoms with Crippen molar-refractivity contribution in [1.82, 2.24) is 24.8 Å². The summed E-state index contributed by atoms with van der Waals surface area (Å²) in [5.41, 5.74) is 3.34. The molecule has 42 heavy (non-hydrogen) atoms. The third-order valence-electron chi connectivity index (χ3n) is 7.00. The van der Waals surface area contributed by atoms with E-state index in [1.165, 1.54) is 24.5 Å². The highest BCUT2D eigenvalue weighted by Crippen LogP contribution is 2.36. The number of rotatable bonds is 7. The van der Waals surface area contributed by atoms with Crippen molar-refractivity contribution in [2.24, 2.45) is 0 Å². The van der Waals surface area contributed by atoms with Crippen molar-refractivity contribution in [3.63, 3.8) is 0 Å². The van der Waals surface area contributed by atoms with Crippen LogP contribution in [0.2, 0.25) is 0 Å². The number of hydrogen-bond donors (Lipinski definition) is 3. The molecule has 5 aromatic rings. The van der Waals surface area contributed by atoms with E-state index in [9.17, 15) is 8.42 Å². The second kappa shape index (κ2) is 11.3. The maximum atomic E-state index is 12.7. The van der Waals surface area contributed by atoms with E-state index in [2.05, 4.69) is 44.8 Å². The Labute approximate surface area is 247 Å². The van der Waals surface area contributed by atoms with Crippen LogP contribution in [0.15, 0.2) is 66.1 Å². The van der Waals surface area contributed by atoms with E-state index in [4.69, 9.17) is 21.7 Å². The fraction of sp³-hybridized carbons (Fsp3) is 0.222. The molecule has 216 valence electrons. The minimum Gasteiger partial charge on any atom is -0.493 e. The van der Waals surface area contributed by atoms with E-state index in [-0.39, 0.29) is 10.8 Å². The molecule has 0 unspecified atom stereocenters. The quantitative estimate of drug-likeness (QED) is 0.235.